The fraction of sp³-hybridized carbons (Fsp3) is 0.143. The molecule has 0 radical (unpaired) electrons. The zero-order valence-corrected chi connectivity index (χ0v) is 16.4. The van der Waals surface area contributed by atoms with E-state index in [1.165, 1.54) is 0 Å². The Morgan fingerprint density at radius 3 is 2.81 bits per heavy atom. The molecule has 0 aliphatic rings. The number of benzene rings is 2. The van der Waals surface area contributed by atoms with E-state index >= 15 is 0 Å². The van der Waals surface area contributed by atoms with Gasteiger partial charge in [-0.3, -0.25) is 4.79 Å². The summed E-state index contributed by atoms with van der Waals surface area (Å²) in [7, 11) is 0. The molecule has 1 amide bonds. The lowest BCUT2D eigenvalue weighted by molar-refractivity contribution is 0.101. The molecule has 0 atom stereocenters. The van der Waals surface area contributed by atoms with Crippen molar-refractivity contribution in [2.45, 2.75) is 20.1 Å². The van der Waals surface area contributed by atoms with Crippen LogP contribution in [0.2, 0.25) is 0 Å². The molecule has 0 bridgehead atoms. The van der Waals surface area contributed by atoms with Crippen molar-refractivity contribution < 1.29 is 9.53 Å². The van der Waals surface area contributed by atoms with E-state index in [1.807, 2.05) is 48.0 Å². The van der Waals surface area contributed by atoms with E-state index in [1.54, 1.807) is 24.3 Å². The number of amides is 1. The first-order chi connectivity index (χ1) is 13.1. The molecule has 0 aliphatic carbocycles. The fourth-order valence-corrected chi connectivity index (χ4v) is 3.15. The van der Waals surface area contributed by atoms with Gasteiger partial charge in [-0.25, -0.2) is 0 Å². The van der Waals surface area contributed by atoms with Gasteiger partial charge in [-0.05, 0) is 58.7 Å². The molecule has 2 aromatic carbocycles. The van der Waals surface area contributed by atoms with Crippen LogP contribution in [0, 0.1) is 11.3 Å². The minimum atomic E-state index is -0.179. The number of ether oxygens (including phenoxy) is 1. The van der Waals surface area contributed by atoms with E-state index in [-0.39, 0.29) is 5.91 Å². The lowest BCUT2D eigenvalue weighted by Gasteiger charge is -2.10. The van der Waals surface area contributed by atoms with Crippen molar-refractivity contribution in [3.8, 4) is 11.8 Å². The number of aryl methyl sites for hydroxylation is 1. The molecule has 1 N–H and O–H groups in total. The lowest BCUT2D eigenvalue weighted by Crippen LogP contribution is -2.16. The molecule has 3 rings (SSSR count). The number of carbonyl (C=O) groups is 1. The van der Waals surface area contributed by atoms with Crippen LogP contribution < -0.4 is 10.1 Å². The van der Waals surface area contributed by atoms with Crippen LogP contribution in [0.3, 0.4) is 0 Å². The fourth-order valence-electron chi connectivity index (χ4n) is 2.68. The van der Waals surface area contributed by atoms with Gasteiger partial charge in [0.05, 0.1) is 11.6 Å². The summed E-state index contributed by atoms with van der Waals surface area (Å²) < 4.78 is 8.54. The second kappa shape index (κ2) is 8.56. The molecule has 0 aliphatic heterocycles. The van der Waals surface area contributed by atoms with E-state index in [9.17, 15) is 4.79 Å². The van der Waals surface area contributed by atoms with E-state index in [0.717, 1.165) is 10.0 Å². The first kappa shape index (κ1) is 18.7. The predicted molar refractivity (Wildman–Crippen MR) is 108 cm³/mol. The van der Waals surface area contributed by atoms with Gasteiger partial charge in [0.15, 0.2) is 0 Å². The Morgan fingerprint density at radius 2 is 2.04 bits per heavy atom. The van der Waals surface area contributed by atoms with Crippen LogP contribution in [0.25, 0.3) is 0 Å². The maximum Gasteiger partial charge on any atom is 0.272 e. The molecule has 1 aromatic heterocycles. The van der Waals surface area contributed by atoms with Gasteiger partial charge in [0, 0.05) is 29.0 Å². The van der Waals surface area contributed by atoms with Crippen LogP contribution >= 0.6 is 15.9 Å². The van der Waals surface area contributed by atoms with Crippen LogP contribution in [0.5, 0.6) is 5.75 Å². The summed E-state index contributed by atoms with van der Waals surface area (Å²) in [6.07, 6.45) is 1.88. The second-order valence-electron chi connectivity index (χ2n) is 5.91. The minimum Gasteiger partial charge on any atom is -0.489 e. The third kappa shape index (κ3) is 4.78. The molecule has 0 unspecified atom stereocenters. The molecule has 136 valence electrons. The van der Waals surface area contributed by atoms with E-state index < -0.39 is 0 Å². The molecule has 3 aromatic rings. The number of carbonyl (C=O) groups excluding carboxylic acids is 1. The van der Waals surface area contributed by atoms with Gasteiger partial charge in [-0.2, -0.15) is 5.26 Å². The number of hydrogen-bond acceptors (Lipinski definition) is 3. The zero-order valence-electron chi connectivity index (χ0n) is 14.8. The summed E-state index contributed by atoms with van der Waals surface area (Å²) >= 11 is 3.40. The normalized spacial score (nSPS) is 10.3. The third-order valence-corrected chi connectivity index (χ3v) is 4.42. The first-order valence-electron chi connectivity index (χ1n) is 8.48. The molecule has 0 fully saturated rings. The Balaban J connectivity index is 1.68. The van der Waals surface area contributed by atoms with Crippen LogP contribution in [0.1, 0.15) is 28.5 Å². The van der Waals surface area contributed by atoms with E-state index in [0.29, 0.717) is 35.8 Å². The van der Waals surface area contributed by atoms with Crippen molar-refractivity contribution in [2.24, 2.45) is 0 Å². The van der Waals surface area contributed by atoms with Crippen molar-refractivity contribution in [1.82, 2.24) is 4.57 Å². The van der Waals surface area contributed by atoms with E-state index in [2.05, 4.69) is 27.3 Å². The number of aromatic nitrogens is 1. The van der Waals surface area contributed by atoms with Crippen LogP contribution in [0.15, 0.2) is 65.3 Å². The van der Waals surface area contributed by atoms with Gasteiger partial charge in [0.25, 0.3) is 5.91 Å². The standard InChI is InChI=1S/C21H18BrN3O2/c1-2-25-13-17(22)10-20(25)21(26)24-18-7-4-8-19(11-18)27-14-16-6-3-5-15(9-16)12-23/h3-11,13H,2,14H2,1H3,(H,24,26). The van der Waals surface area contributed by atoms with Gasteiger partial charge in [-0.1, -0.05) is 18.2 Å². The highest BCUT2D eigenvalue weighted by Gasteiger charge is 2.12. The number of halogens is 1. The van der Waals surface area contributed by atoms with Crippen LogP contribution in [0.4, 0.5) is 5.69 Å². The summed E-state index contributed by atoms with van der Waals surface area (Å²) in [4.78, 5) is 12.5. The summed E-state index contributed by atoms with van der Waals surface area (Å²) in [5.41, 5.74) is 2.75. The smallest absolute Gasteiger partial charge is 0.272 e. The molecule has 1 heterocycles. The van der Waals surface area contributed by atoms with Gasteiger partial charge in [0.1, 0.15) is 18.1 Å². The highest BCUT2D eigenvalue weighted by molar-refractivity contribution is 9.10. The molecule has 27 heavy (non-hydrogen) atoms. The molecular weight excluding hydrogens is 406 g/mol. The number of hydrogen-bond donors (Lipinski definition) is 1. The predicted octanol–water partition coefficient (Wildman–Crippen LogP) is 4.97. The van der Waals surface area contributed by atoms with Crippen molar-refractivity contribution >= 4 is 27.5 Å². The van der Waals surface area contributed by atoms with Crippen molar-refractivity contribution in [3.63, 3.8) is 0 Å². The highest BCUT2D eigenvalue weighted by atomic mass is 79.9. The maximum absolute atomic E-state index is 12.5. The molecule has 0 saturated heterocycles. The molecule has 5 nitrogen and oxygen atoms in total. The monoisotopic (exact) mass is 423 g/mol. The Hall–Kier alpha value is -3.04. The van der Waals surface area contributed by atoms with Gasteiger partial charge in [-0.15, -0.1) is 0 Å². The molecular formula is C21H18BrN3O2. The summed E-state index contributed by atoms with van der Waals surface area (Å²) in [5.74, 6) is 0.462. The maximum atomic E-state index is 12.5. The van der Waals surface area contributed by atoms with Crippen LogP contribution in [-0.4, -0.2) is 10.5 Å². The van der Waals surface area contributed by atoms with Crippen LogP contribution in [-0.2, 0) is 13.2 Å². The molecule has 0 spiro atoms. The Morgan fingerprint density at radius 1 is 1.22 bits per heavy atom. The first-order valence-corrected chi connectivity index (χ1v) is 9.27. The summed E-state index contributed by atoms with van der Waals surface area (Å²) in [6, 6.07) is 18.4. The van der Waals surface area contributed by atoms with Gasteiger partial charge in [0.2, 0.25) is 0 Å². The SMILES string of the molecule is CCn1cc(Br)cc1C(=O)Nc1cccc(OCc2cccc(C#N)c2)c1. The number of anilines is 1. The van der Waals surface area contributed by atoms with Gasteiger partial charge < -0.3 is 14.6 Å². The zero-order chi connectivity index (χ0) is 19.2. The molecule has 6 heteroatoms. The topological polar surface area (TPSA) is 67.1 Å². The van der Waals surface area contributed by atoms with Gasteiger partial charge >= 0.3 is 0 Å². The average Bonchev–Trinajstić information content (AvgIpc) is 3.08. The number of nitrogens with one attached hydrogen (secondary N) is 1. The second-order valence-corrected chi connectivity index (χ2v) is 6.83. The lowest BCUT2D eigenvalue weighted by atomic mass is 10.1. The quantitative estimate of drug-likeness (QED) is 0.608. The average molecular weight is 424 g/mol. The van der Waals surface area contributed by atoms with Crippen molar-refractivity contribution in [1.29, 1.82) is 5.26 Å². The van der Waals surface area contributed by atoms with E-state index in [4.69, 9.17) is 10.00 Å². The Kier molecular flexibility index (Phi) is 5.94. The van der Waals surface area contributed by atoms with Crippen molar-refractivity contribution in [3.05, 3.63) is 82.1 Å². The molecule has 0 saturated carbocycles. The highest BCUT2D eigenvalue weighted by Crippen LogP contribution is 2.21. The number of nitrogens with zero attached hydrogens (tertiary/aromatic N) is 2. The largest absolute Gasteiger partial charge is 0.489 e. The Labute approximate surface area is 166 Å². The summed E-state index contributed by atoms with van der Waals surface area (Å²) in [6.45, 7) is 3.04. The number of nitriles is 1. The number of rotatable bonds is 6. The summed E-state index contributed by atoms with van der Waals surface area (Å²) in [5, 5.41) is 11.9. The third-order valence-electron chi connectivity index (χ3n) is 3.99. The Bertz CT molecular complexity index is 1000. The van der Waals surface area contributed by atoms with Crippen molar-refractivity contribution in [2.75, 3.05) is 5.32 Å². The minimum absolute atomic E-state index is 0.179.